The van der Waals surface area contributed by atoms with E-state index < -0.39 is 10.0 Å². The highest BCUT2D eigenvalue weighted by Crippen LogP contribution is 2.27. The van der Waals surface area contributed by atoms with Gasteiger partial charge < -0.3 is 4.57 Å². The van der Waals surface area contributed by atoms with E-state index in [9.17, 15) is 8.42 Å². The maximum absolute atomic E-state index is 12.5. The van der Waals surface area contributed by atoms with Gasteiger partial charge >= 0.3 is 0 Å². The molecule has 0 aliphatic carbocycles. The van der Waals surface area contributed by atoms with Crippen molar-refractivity contribution in [1.82, 2.24) is 13.9 Å². The summed E-state index contributed by atoms with van der Waals surface area (Å²) in [4.78, 5) is 4.43. The number of sulfonamides is 1. The molecule has 0 saturated carbocycles. The predicted octanol–water partition coefficient (Wildman–Crippen LogP) is 3.17. The summed E-state index contributed by atoms with van der Waals surface area (Å²) in [7, 11) is -3.29. The second-order valence-corrected chi connectivity index (χ2v) is 9.48. The van der Waals surface area contributed by atoms with Crippen molar-refractivity contribution in [2.75, 3.05) is 13.1 Å². The Kier molecular flexibility index (Phi) is 4.89. The Labute approximate surface area is 142 Å². The van der Waals surface area contributed by atoms with E-state index in [1.54, 1.807) is 16.4 Å². The lowest BCUT2D eigenvalue weighted by Crippen LogP contribution is -2.39. The Balaban J connectivity index is 1.62. The fourth-order valence-corrected chi connectivity index (χ4v) is 5.74. The third-order valence-corrected chi connectivity index (χ3v) is 7.65. The van der Waals surface area contributed by atoms with Crippen LogP contribution >= 0.6 is 11.3 Å². The molecule has 1 saturated heterocycles. The molecule has 1 aliphatic heterocycles. The normalized spacial score (nSPS) is 17.9. The quantitative estimate of drug-likeness (QED) is 0.829. The Morgan fingerprint density at radius 1 is 1.35 bits per heavy atom. The highest BCUT2D eigenvalue weighted by molar-refractivity contribution is 7.91. The van der Waals surface area contributed by atoms with Crippen molar-refractivity contribution in [2.45, 2.75) is 43.4 Å². The van der Waals surface area contributed by atoms with Gasteiger partial charge in [-0.25, -0.2) is 13.4 Å². The molecule has 3 rings (SSSR count). The van der Waals surface area contributed by atoms with Crippen molar-refractivity contribution in [3.63, 3.8) is 0 Å². The summed E-state index contributed by atoms with van der Waals surface area (Å²) in [5.74, 6) is 2.03. The minimum absolute atomic E-state index is 0.407. The van der Waals surface area contributed by atoms with Gasteiger partial charge in [-0.05, 0) is 30.2 Å². The molecule has 0 atom stereocenters. The lowest BCUT2D eigenvalue weighted by molar-refractivity contribution is 0.251. The average molecular weight is 354 g/mol. The molecule has 3 heterocycles. The van der Waals surface area contributed by atoms with Crippen molar-refractivity contribution in [3.05, 3.63) is 35.7 Å². The van der Waals surface area contributed by atoms with Crippen LogP contribution in [0.2, 0.25) is 0 Å². The molecule has 0 spiro atoms. The predicted molar refractivity (Wildman–Crippen MR) is 92.1 cm³/mol. The van der Waals surface area contributed by atoms with Crippen LogP contribution < -0.4 is 0 Å². The third kappa shape index (κ3) is 3.51. The van der Waals surface area contributed by atoms with Gasteiger partial charge in [0, 0.05) is 37.9 Å². The molecule has 2 aromatic rings. The van der Waals surface area contributed by atoms with E-state index >= 15 is 0 Å². The molecule has 2 aromatic heterocycles. The summed E-state index contributed by atoms with van der Waals surface area (Å²) in [6.07, 6.45) is 5.69. The first-order valence-corrected chi connectivity index (χ1v) is 10.3. The molecular formula is C16H23N3O2S2. The van der Waals surface area contributed by atoms with Crippen LogP contribution in [0.4, 0.5) is 0 Å². The maximum Gasteiger partial charge on any atom is 0.252 e. The van der Waals surface area contributed by atoms with Crippen LogP contribution in [0, 0.1) is 5.92 Å². The van der Waals surface area contributed by atoms with E-state index in [4.69, 9.17) is 0 Å². The lowest BCUT2D eigenvalue weighted by atomic mass is 9.98. The van der Waals surface area contributed by atoms with Gasteiger partial charge in [0.25, 0.3) is 10.0 Å². The molecule has 7 heteroatoms. The van der Waals surface area contributed by atoms with Crippen LogP contribution in [0.25, 0.3) is 0 Å². The number of hydrogen-bond donors (Lipinski definition) is 0. The number of piperidine rings is 1. The number of aromatic nitrogens is 2. The summed E-state index contributed by atoms with van der Waals surface area (Å²) < 4.78 is 29.4. The number of nitrogens with zero attached hydrogens (tertiary/aromatic N) is 3. The zero-order valence-electron chi connectivity index (χ0n) is 13.6. The van der Waals surface area contributed by atoms with Crippen molar-refractivity contribution in [3.8, 4) is 0 Å². The fraction of sp³-hybridized carbons (Fsp3) is 0.562. The fourth-order valence-electron chi connectivity index (χ4n) is 3.12. The second kappa shape index (κ2) is 6.75. The third-order valence-electron chi connectivity index (χ3n) is 4.38. The number of thiophene rings is 1. The minimum Gasteiger partial charge on any atom is -0.334 e. The SMILES string of the molecule is CC(C)c1nccn1CC1CCN(S(=O)(=O)c2cccs2)CC1. The second-order valence-electron chi connectivity index (χ2n) is 6.37. The number of rotatable bonds is 5. The lowest BCUT2D eigenvalue weighted by Gasteiger charge is -2.31. The molecule has 1 aliphatic rings. The molecule has 0 N–H and O–H groups in total. The molecule has 126 valence electrons. The molecule has 1 fully saturated rings. The van der Waals surface area contributed by atoms with E-state index in [0.717, 1.165) is 25.2 Å². The number of hydrogen-bond acceptors (Lipinski definition) is 4. The summed E-state index contributed by atoms with van der Waals surface area (Å²) in [5, 5.41) is 1.81. The van der Waals surface area contributed by atoms with E-state index in [2.05, 4.69) is 23.4 Å². The van der Waals surface area contributed by atoms with Gasteiger partial charge in [0.1, 0.15) is 10.0 Å². The largest absolute Gasteiger partial charge is 0.334 e. The number of imidazole rings is 1. The van der Waals surface area contributed by atoms with Crippen LogP contribution in [0.5, 0.6) is 0 Å². The minimum atomic E-state index is -3.29. The average Bonchev–Trinajstić information content (AvgIpc) is 3.19. The highest BCUT2D eigenvalue weighted by atomic mass is 32.2. The first-order valence-electron chi connectivity index (χ1n) is 8.03. The van der Waals surface area contributed by atoms with Crippen LogP contribution in [-0.4, -0.2) is 35.4 Å². The summed E-state index contributed by atoms with van der Waals surface area (Å²) >= 11 is 1.29. The van der Waals surface area contributed by atoms with Gasteiger partial charge in [-0.3, -0.25) is 0 Å². The summed E-state index contributed by atoms with van der Waals surface area (Å²) in [5.41, 5.74) is 0. The maximum atomic E-state index is 12.5. The van der Waals surface area contributed by atoms with Crippen LogP contribution in [0.1, 0.15) is 38.4 Å². The Morgan fingerprint density at radius 3 is 2.70 bits per heavy atom. The zero-order chi connectivity index (χ0) is 16.4. The molecule has 5 nitrogen and oxygen atoms in total. The zero-order valence-corrected chi connectivity index (χ0v) is 15.2. The molecule has 23 heavy (non-hydrogen) atoms. The van der Waals surface area contributed by atoms with Gasteiger partial charge in [0.05, 0.1) is 0 Å². The molecule has 0 amide bonds. The van der Waals surface area contributed by atoms with Crippen LogP contribution in [0.3, 0.4) is 0 Å². The van der Waals surface area contributed by atoms with E-state index in [1.165, 1.54) is 11.3 Å². The van der Waals surface area contributed by atoms with Crippen molar-refractivity contribution in [2.24, 2.45) is 5.92 Å². The smallest absolute Gasteiger partial charge is 0.252 e. The molecule has 0 unspecified atom stereocenters. The van der Waals surface area contributed by atoms with Crippen LogP contribution in [0.15, 0.2) is 34.1 Å². The Bertz CT molecular complexity index is 727. The van der Waals surface area contributed by atoms with Gasteiger partial charge in [0.2, 0.25) is 0 Å². The van der Waals surface area contributed by atoms with E-state index in [-0.39, 0.29) is 0 Å². The van der Waals surface area contributed by atoms with Gasteiger partial charge in [-0.1, -0.05) is 19.9 Å². The Morgan fingerprint density at radius 2 is 2.09 bits per heavy atom. The summed E-state index contributed by atoms with van der Waals surface area (Å²) in [6.45, 7) is 6.44. The van der Waals surface area contributed by atoms with Crippen molar-refractivity contribution >= 4 is 21.4 Å². The van der Waals surface area contributed by atoms with Gasteiger partial charge in [0.15, 0.2) is 0 Å². The standard InChI is InChI=1S/C16H23N3O2S2/c1-13(2)16-17-7-10-18(16)12-14-5-8-19(9-6-14)23(20,21)15-4-3-11-22-15/h3-4,7,10-11,13-14H,5-6,8-9,12H2,1-2H3. The first-order chi connectivity index (χ1) is 11.0. The topological polar surface area (TPSA) is 55.2 Å². The van der Waals surface area contributed by atoms with E-state index in [1.807, 2.05) is 17.8 Å². The molecular weight excluding hydrogens is 330 g/mol. The Hall–Kier alpha value is -1.18. The van der Waals surface area contributed by atoms with Gasteiger partial charge in [-0.2, -0.15) is 4.31 Å². The molecule has 0 radical (unpaired) electrons. The highest BCUT2D eigenvalue weighted by Gasteiger charge is 2.30. The van der Waals surface area contributed by atoms with Crippen LogP contribution in [-0.2, 0) is 16.6 Å². The first kappa shape index (κ1) is 16.7. The molecule has 0 bridgehead atoms. The van der Waals surface area contributed by atoms with Crippen molar-refractivity contribution in [1.29, 1.82) is 0 Å². The molecule has 0 aromatic carbocycles. The summed E-state index contributed by atoms with van der Waals surface area (Å²) in [6, 6.07) is 3.48. The van der Waals surface area contributed by atoms with Gasteiger partial charge in [-0.15, -0.1) is 11.3 Å². The monoisotopic (exact) mass is 353 g/mol. The van der Waals surface area contributed by atoms with E-state index in [0.29, 0.717) is 29.1 Å². The van der Waals surface area contributed by atoms with Crippen molar-refractivity contribution < 1.29 is 8.42 Å².